The van der Waals surface area contributed by atoms with Gasteiger partial charge >= 0.3 is 0 Å². The van der Waals surface area contributed by atoms with Gasteiger partial charge in [0.05, 0.1) is 7.11 Å². The number of methoxy groups -OCH3 is 1. The van der Waals surface area contributed by atoms with Gasteiger partial charge in [-0.15, -0.1) is 10.2 Å². The van der Waals surface area contributed by atoms with Crippen LogP contribution in [0, 0.1) is 3.90 Å². The number of rotatable bonds is 2. The topological polar surface area (TPSA) is 48.2 Å². The Morgan fingerprint density at radius 2 is 2.21 bits per heavy atom. The Hall–Kier alpha value is -1.11. The summed E-state index contributed by atoms with van der Waals surface area (Å²) in [7, 11) is 1.62. The smallest absolute Gasteiger partial charge is 0.278 e. The maximum absolute atomic E-state index is 5.28. The van der Waals surface area contributed by atoms with Crippen LogP contribution in [0.15, 0.2) is 28.7 Å². The van der Waals surface area contributed by atoms with Crippen LogP contribution in [0.2, 0.25) is 0 Å². The van der Waals surface area contributed by atoms with E-state index in [1.54, 1.807) is 7.11 Å². The molecule has 0 aliphatic rings. The fraction of sp³-hybridized carbons (Fsp3) is 0.111. The molecule has 0 bridgehead atoms. The summed E-state index contributed by atoms with van der Waals surface area (Å²) in [6.07, 6.45) is 0. The molecule has 5 heteroatoms. The third kappa shape index (κ3) is 1.87. The molecular weight excluding hydrogens is 295 g/mol. The van der Waals surface area contributed by atoms with E-state index in [0.717, 1.165) is 11.3 Å². The lowest BCUT2D eigenvalue weighted by molar-refractivity contribution is 0.414. The van der Waals surface area contributed by atoms with Gasteiger partial charge in [-0.05, 0) is 18.2 Å². The summed E-state index contributed by atoms with van der Waals surface area (Å²) in [6, 6.07) is 7.49. The van der Waals surface area contributed by atoms with Crippen molar-refractivity contribution in [2.24, 2.45) is 0 Å². The zero-order valence-electron chi connectivity index (χ0n) is 7.40. The molecule has 0 unspecified atom stereocenters. The average Bonchev–Trinajstić information content (AvgIpc) is 2.65. The van der Waals surface area contributed by atoms with Crippen LogP contribution in [0.1, 0.15) is 0 Å². The highest BCUT2D eigenvalue weighted by molar-refractivity contribution is 14.1. The van der Waals surface area contributed by atoms with Gasteiger partial charge in [0.2, 0.25) is 5.89 Å². The van der Waals surface area contributed by atoms with E-state index in [1.165, 1.54) is 0 Å². The van der Waals surface area contributed by atoms with Gasteiger partial charge in [0.1, 0.15) is 5.75 Å². The van der Waals surface area contributed by atoms with Crippen molar-refractivity contribution in [2.75, 3.05) is 7.11 Å². The summed E-state index contributed by atoms with van der Waals surface area (Å²) >= 11 is 1.97. The Morgan fingerprint density at radius 3 is 2.86 bits per heavy atom. The van der Waals surface area contributed by atoms with Crippen molar-refractivity contribution in [3.63, 3.8) is 0 Å². The molecule has 2 rings (SSSR count). The van der Waals surface area contributed by atoms with Gasteiger partial charge in [0, 0.05) is 28.2 Å². The van der Waals surface area contributed by atoms with Gasteiger partial charge in [0.25, 0.3) is 3.90 Å². The third-order valence-electron chi connectivity index (χ3n) is 1.72. The van der Waals surface area contributed by atoms with Crippen molar-refractivity contribution < 1.29 is 9.15 Å². The fourth-order valence-corrected chi connectivity index (χ4v) is 1.39. The molecule has 0 N–H and O–H groups in total. The zero-order chi connectivity index (χ0) is 9.97. The molecule has 14 heavy (non-hydrogen) atoms. The summed E-state index contributed by atoms with van der Waals surface area (Å²) < 4.78 is 10.9. The van der Waals surface area contributed by atoms with Crippen LogP contribution in [0.5, 0.6) is 5.75 Å². The van der Waals surface area contributed by atoms with Crippen molar-refractivity contribution in [3.05, 3.63) is 28.2 Å². The van der Waals surface area contributed by atoms with E-state index in [-0.39, 0.29) is 0 Å². The van der Waals surface area contributed by atoms with E-state index in [9.17, 15) is 0 Å². The summed E-state index contributed by atoms with van der Waals surface area (Å²) in [6.45, 7) is 0. The molecule has 0 aliphatic heterocycles. The zero-order valence-corrected chi connectivity index (χ0v) is 9.56. The monoisotopic (exact) mass is 302 g/mol. The van der Waals surface area contributed by atoms with Gasteiger partial charge in [0.15, 0.2) is 0 Å². The molecule has 0 fully saturated rings. The van der Waals surface area contributed by atoms with Crippen LogP contribution in [0.4, 0.5) is 0 Å². The van der Waals surface area contributed by atoms with Crippen LogP contribution in [0.25, 0.3) is 11.5 Å². The van der Waals surface area contributed by atoms with E-state index >= 15 is 0 Å². The fourth-order valence-electron chi connectivity index (χ4n) is 1.08. The second-order valence-electron chi connectivity index (χ2n) is 2.59. The Labute approximate surface area is 94.4 Å². The van der Waals surface area contributed by atoms with Gasteiger partial charge in [-0.25, -0.2) is 0 Å². The summed E-state index contributed by atoms with van der Waals surface area (Å²) in [5.74, 6) is 1.28. The van der Waals surface area contributed by atoms with Crippen LogP contribution in [-0.4, -0.2) is 17.3 Å². The van der Waals surface area contributed by atoms with Crippen LogP contribution in [0.3, 0.4) is 0 Å². The van der Waals surface area contributed by atoms with Crippen molar-refractivity contribution in [1.29, 1.82) is 0 Å². The average molecular weight is 302 g/mol. The first-order valence-corrected chi connectivity index (χ1v) is 5.01. The quantitative estimate of drug-likeness (QED) is 0.799. The highest BCUT2D eigenvalue weighted by Crippen LogP contribution is 2.22. The van der Waals surface area contributed by atoms with Gasteiger partial charge in [-0.3, -0.25) is 0 Å². The Bertz CT molecular complexity index is 442. The molecule has 72 valence electrons. The van der Waals surface area contributed by atoms with E-state index in [4.69, 9.17) is 9.15 Å². The Kier molecular flexibility index (Phi) is 2.67. The molecule has 0 spiro atoms. The minimum atomic E-state index is 0.508. The number of benzene rings is 1. The molecule has 4 nitrogen and oxygen atoms in total. The molecule has 0 atom stereocenters. The minimum absolute atomic E-state index is 0.508. The van der Waals surface area contributed by atoms with Crippen LogP contribution < -0.4 is 4.74 Å². The van der Waals surface area contributed by atoms with E-state index in [2.05, 4.69) is 10.2 Å². The van der Waals surface area contributed by atoms with Gasteiger partial charge in [-0.2, -0.15) is 0 Å². The second kappa shape index (κ2) is 3.95. The molecule has 2 aromatic rings. The molecule has 0 radical (unpaired) electrons. The van der Waals surface area contributed by atoms with E-state index in [0.29, 0.717) is 9.79 Å². The predicted octanol–water partition coefficient (Wildman–Crippen LogP) is 2.35. The maximum atomic E-state index is 5.28. The molecular formula is C9H7IN2O2. The number of hydrogen-bond acceptors (Lipinski definition) is 4. The molecule has 0 saturated heterocycles. The first-order valence-electron chi connectivity index (χ1n) is 3.93. The molecule has 0 amide bonds. The lowest BCUT2D eigenvalue weighted by atomic mass is 10.2. The maximum Gasteiger partial charge on any atom is 0.278 e. The number of halogens is 1. The van der Waals surface area contributed by atoms with Gasteiger partial charge in [-0.1, -0.05) is 6.07 Å². The molecule has 1 aromatic heterocycles. The summed E-state index contributed by atoms with van der Waals surface area (Å²) in [5.41, 5.74) is 0.861. The van der Waals surface area contributed by atoms with Crippen molar-refractivity contribution in [1.82, 2.24) is 10.2 Å². The van der Waals surface area contributed by atoms with Crippen LogP contribution >= 0.6 is 22.6 Å². The highest BCUT2D eigenvalue weighted by atomic mass is 127. The standard InChI is InChI=1S/C9H7IN2O2/c1-13-7-4-2-3-6(5-7)8-11-12-9(10)14-8/h2-5H,1H3. The molecule has 0 aliphatic carbocycles. The molecule has 1 heterocycles. The lowest BCUT2D eigenvalue weighted by Crippen LogP contribution is -1.83. The van der Waals surface area contributed by atoms with Crippen molar-refractivity contribution in [2.45, 2.75) is 0 Å². The largest absolute Gasteiger partial charge is 0.497 e. The predicted molar refractivity (Wildman–Crippen MR) is 59.0 cm³/mol. The summed E-state index contributed by atoms with van der Waals surface area (Å²) in [5, 5.41) is 7.66. The SMILES string of the molecule is COc1cccc(-c2nnc(I)o2)c1. The lowest BCUT2D eigenvalue weighted by Gasteiger charge is -1.99. The molecule has 1 aromatic carbocycles. The van der Waals surface area contributed by atoms with Gasteiger partial charge < -0.3 is 9.15 Å². The normalized spacial score (nSPS) is 10.1. The number of aromatic nitrogens is 2. The second-order valence-corrected chi connectivity index (χ2v) is 3.51. The first kappa shape index (κ1) is 9.45. The highest BCUT2D eigenvalue weighted by Gasteiger charge is 2.06. The van der Waals surface area contributed by atoms with Crippen LogP contribution in [-0.2, 0) is 0 Å². The summed E-state index contributed by atoms with van der Waals surface area (Å²) in [4.78, 5) is 0. The first-order chi connectivity index (χ1) is 6.79. The minimum Gasteiger partial charge on any atom is -0.497 e. The van der Waals surface area contributed by atoms with Crippen molar-refractivity contribution >= 4 is 22.6 Å². The van der Waals surface area contributed by atoms with E-state index in [1.807, 2.05) is 46.9 Å². The Morgan fingerprint density at radius 1 is 1.36 bits per heavy atom. The number of hydrogen-bond donors (Lipinski definition) is 0. The number of ether oxygens (including phenoxy) is 1. The van der Waals surface area contributed by atoms with Crippen molar-refractivity contribution in [3.8, 4) is 17.2 Å². The number of nitrogens with zero attached hydrogens (tertiary/aromatic N) is 2. The third-order valence-corrected chi connectivity index (χ3v) is 2.15. The Balaban J connectivity index is 2.41. The van der Waals surface area contributed by atoms with E-state index < -0.39 is 0 Å². The molecule has 0 saturated carbocycles.